The summed E-state index contributed by atoms with van der Waals surface area (Å²) < 4.78 is 0. The van der Waals surface area contributed by atoms with E-state index in [0.29, 0.717) is 0 Å². The molecule has 1 aliphatic heterocycles. The second kappa shape index (κ2) is 7.20. The molecule has 90 valence electrons. The van der Waals surface area contributed by atoms with E-state index in [1.807, 2.05) is 0 Å². The van der Waals surface area contributed by atoms with Crippen LogP contribution >= 0.6 is 0 Å². The molecule has 0 radical (unpaired) electrons. The molecule has 1 fully saturated rings. The quantitative estimate of drug-likeness (QED) is 0.719. The van der Waals surface area contributed by atoms with Gasteiger partial charge in [-0.1, -0.05) is 19.8 Å². The normalized spacial score (nSPS) is 21.8. The van der Waals surface area contributed by atoms with Gasteiger partial charge in [0.05, 0.1) is 6.10 Å². The van der Waals surface area contributed by atoms with Gasteiger partial charge in [-0.3, -0.25) is 0 Å². The van der Waals surface area contributed by atoms with Crippen LogP contribution in [-0.4, -0.2) is 60.8 Å². The maximum atomic E-state index is 9.73. The summed E-state index contributed by atoms with van der Waals surface area (Å²) in [5.41, 5.74) is 0. The number of unbranched alkanes of at least 4 members (excludes halogenated alkanes) is 1. The molecule has 1 atom stereocenters. The van der Waals surface area contributed by atoms with Crippen LogP contribution in [0.3, 0.4) is 0 Å². The monoisotopic (exact) mass is 214 g/mol. The summed E-state index contributed by atoms with van der Waals surface area (Å²) in [4.78, 5) is 4.83. The van der Waals surface area contributed by atoms with Gasteiger partial charge in [-0.25, -0.2) is 0 Å². The Labute approximate surface area is 94.1 Å². The first kappa shape index (κ1) is 12.9. The van der Waals surface area contributed by atoms with Crippen molar-refractivity contribution in [3.63, 3.8) is 0 Å². The third-order valence-electron chi connectivity index (χ3n) is 3.27. The fourth-order valence-corrected chi connectivity index (χ4v) is 1.99. The number of aliphatic hydroxyl groups is 1. The molecule has 15 heavy (non-hydrogen) atoms. The second-order valence-corrected chi connectivity index (χ2v) is 4.73. The Morgan fingerprint density at radius 3 is 2.40 bits per heavy atom. The SMILES string of the molecule is CCCC[C@@H](O)CCN1CCN(C)CC1. The van der Waals surface area contributed by atoms with Crippen LogP contribution in [0.4, 0.5) is 0 Å². The summed E-state index contributed by atoms with van der Waals surface area (Å²) in [6.45, 7) is 7.91. The van der Waals surface area contributed by atoms with Crippen molar-refractivity contribution in [2.45, 2.75) is 38.7 Å². The summed E-state index contributed by atoms with van der Waals surface area (Å²) in [5.74, 6) is 0. The Morgan fingerprint density at radius 2 is 1.80 bits per heavy atom. The number of hydrogen-bond donors (Lipinski definition) is 1. The molecule has 3 heteroatoms. The van der Waals surface area contributed by atoms with Crippen molar-refractivity contribution < 1.29 is 5.11 Å². The highest BCUT2D eigenvalue weighted by Crippen LogP contribution is 2.07. The van der Waals surface area contributed by atoms with Crippen LogP contribution in [0.1, 0.15) is 32.6 Å². The smallest absolute Gasteiger partial charge is 0.0552 e. The van der Waals surface area contributed by atoms with Gasteiger partial charge in [-0.15, -0.1) is 0 Å². The molecular weight excluding hydrogens is 188 g/mol. The van der Waals surface area contributed by atoms with E-state index in [4.69, 9.17) is 0 Å². The first-order valence-corrected chi connectivity index (χ1v) is 6.31. The van der Waals surface area contributed by atoms with Crippen molar-refractivity contribution >= 4 is 0 Å². The van der Waals surface area contributed by atoms with Gasteiger partial charge >= 0.3 is 0 Å². The molecule has 0 spiro atoms. The zero-order valence-corrected chi connectivity index (χ0v) is 10.3. The molecule has 0 aromatic carbocycles. The van der Waals surface area contributed by atoms with E-state index in [1.54, 1.807) is 0 Å². The van der Waals surface area contributed by atoms with Gasteiger partial charge in [-0.2, -0.15) is 0 Å². The van der Waals surface area contributed by atoms with Crippen LogP contribution in [0.15, 0.2) is 0 Å². The zero-order valence-electron chi connectivity index (χ0n) is 10.3. The molecule has 0 amide bonds. The average molecular weight is 214 g/mol. The van der Waals surface area contributed by atoms with Crippen molar-refractivity contribution in [2.24, 2.45) is 0 Å². The lowest BCUT2D eigenvalue weighted by Gasteiger charge is -2.32. The van der Waals surface area contributed by atoms with E-state index in [2.05, 4.69) is 23.8 Å². The molecule has 1 saturated heterocycles. The highest BCUT2D eigenvalue weighted by molar-refractivity contribution is 4.70. The summed E-state index contributed by atoms with van der Waals surface area (Å²) in [5, 5.41) is 9.73. The van der Waals surface area contributed by atoms with E-state index >= 15 is 0 Å². The molecule has 0 aliphatic carbocycles. The second-order valence-electron chi connectivity index (χ2n) is 4.73. The number of nitrogens with zero attached hydrogens (tertiary/aromatic N) is 2. The maximum Gasteiger partial charge on any atom is 0.0552 e. The van der Waals surface area contributed by atoms with Gasteiger partial charge in [0.15, 0.2) is 0 Å². The molecule has 0 bridgehead atoms. The molecule has 0 aromatic heterocycles. The third-order valence-corrected chi connectivity index (χ3v) is 3.27. The van der Waals surface area contributed by atoms with E-state index < -0.39 is 0 Å². The zero-order chi connectivity index (χ0) is 11.1. The van der Waals surface area contributed by atoms with Crippen molar-refractivity contribution in [2.75, 3.05) is 39.8 Å². The molecule has 0 saturated carbocycles. The van der Waals surface area contributed by atoms with Crippen molar-refractivity contribution in [3.05, 3.63) is 0 Å². The topological polar surface area (TPSA) is 26.7 Å². The molecule has 1 heterocycles. The van der Waals surface area contributed by atoms with Crippen molar-refractivity contribution in [3.8, 4) is 0 Å². The Hall–Kier alpha value is -0.120. The predicted molar refractivity (Wildman–Crippen MR) is 64.1 cm³/mol. The Kier molecular flexibility index (Phi) is 6.22. The lowest BCUT2D eigenvalue weighted by atomic mass is 10.1. The summed E-state index contributed by atoms with van der Waals surface area (Å²) >= 11 is 0. The highest BCUT2D eigenvalue weighted by atomic mass is 16.3. The Morgan fingerprint density at radius 1 is 1.13 bits per heavy atom. The van der Waals surface area contributed by atoms with Crippen molar-refractivity contribution in [1.82, 2.24) is 9.80 Å². The number of likely N-dealkylation sites (N-methyl/N-ethyl adjacent to an activating group) is 1. The fourth-order valence-electron chi connectivity index (χ4n) is 1.99. The molecule has 1 aliphatic rings. The van der Waals surface area contributed by atoms with E-state index in [0.717, 1.165) is 38.9 Å². The van der Waals surface area contributed by atoms with Crippen molar-refractivity contribution in [1.29, 1.82) is 0 Å². The minimum Gasteiger partial charge on any atom is -0.393 e. The van der Waals surface area contributed by atoms with Crippen LogP contribution in [0, 0.1) is 0 Å². The van der Waals surface area contributed by atoms with Gasteiger partial charge in [-0.05, 0) is 19.9 Å². The fraction of sp³-hybridized carbons (Fsp3) is 1.00. The molecule has 1 rings (SSSR count). The number of aliphatic hydroxyl groups excluding tert-OH is 1. The van der Waals surface area contributed by atoms with E-state index in [9.17, 15) is 5.11 Å². The van der Waals surface area contributed by atoms with Gasteiger partial charge in [0.25, 0.3) is 0 Å². The maximum absolute atomic E-state index is 9.73. The summed E-state index contributed by atoms with van der Waals surface area (Å²) in [6, 6.07) is 0. The highest BCUT2D eigenvalue weighted by Gasteiger charge is 2.14. The predicted octanol–water partition coefficient (Wildman–Crippen LogP) is 1.18. The summed E-state index contributed by atoms with van der Waals surface area (Å²) in [7, 11) is 2.17. The molecule has 1 N–H and O–H groups in total. The molecule has 0 unspecified atom stereocenters. The summed E-state index contributed by atoms with van der Waals surface area (Å²) in [6.07, 6.45) is 4.19. The number of hydrogen-bond acceptors (Lipinski definition) is 3. The van der Waals surface area contributed by atoms with Crippen LogP contribution in [-0.2, 0) is 0 Å². The minimum absolute atomic E-state index is 0.0791. The standard InChI is InChI=1S/C12H26N2O/c1-3-4-5-12(15)6-7-14-10-8-13(2)9-11-14/h12,15H,3-11H2,1-2H3/t12-/m1/s1. The molecule has 3 nitrogen and oxygen atoms in total. The van der Waals surface area contributed by atoms with Crippen LogP contribution in [0.5, 0.6) is 0 Å². The van der Waals surface area contributed by atoms with Gasteiger partial charge in [0, 0.05) is 32.7 Å². The average Bonchev–Trinajstić information content (AvgIpc) is 2.25. The first-order valence-electron chi connectivity index (χ1n) is 6.31. The number of rotatable bonds is 6. The van der Waals surface area contributed by atoms with Crippen LogP contribution in [0.25, 0.3) is 0 Å². The van der Waals surface area contributed by atoms with Gasteiger partial charge in [0.2, 0.25) is 0 Å². The minimum atomic E-state index is -0.0791. The van der Waals surface area contributed by atoms with Crippen LogP contribution < -0.4 is 0 Å². The molecular formula is C12H26N2O. The van der Waals surface area contributed by atoms with Gasteiger partial charge < -0.3 is 14.9 Å². The number of piperazine rings is 1. The van der Waals surface area contributed by atoms with E-state index in [-0.39, 0.29) is 6.10 Å². The largest absolute Gasteiger partial charge is 0.393 e. The third kappa shape index (κ3) is 5.50. The van der Waals surface area contributed by atoms with Crippen LogP contribution in [0.2, 0.25) is 0 Å². The molecule has 0 aromatic rings. The first-order chi connectivity index (χ1) is 7.22. The van der Waals surface area contributed by atoms with Gasteiger partial charge in [0.1, 0.15) is 0 Å². The van der Waals surface area contributed by atoms with E-state index in [1.165, 1.54) is 19.5 Å². The Balaban J connectivity index is 2.04. The lowest BCUT2D eigenvalue weighted by molar-refractivity contribution is 0.106. The lowest BCUT2D eigenvalue weighted by Crippen LogP contribution is -2.45. The Bertz CT molecular complexity index is 156.